The van der Waals surface area contributed by atoms with Gasteiger partial charge in [-0.25, -0.2) is 0 Å². The first kappa shape index (κ1) is 8.85. The van der Waals surface area contributed by atoms with Gasteiger partial charge in [0.2, 0.25) is 0 Å². The summed E-state index contributed by atoms with van der Waals surface area (Å²) >= 11 is 0. The Kier molecular flexibility index (Phi) is 1.65. The SMILES string of the molecule is CC(N)C1(c2ccc3n[nH]nc3c2)CC1. The third-order valence-electron chi connectivity index (χ3n) is 3.55. The standard InChI is InChI=1S/C11H14N4/c1-7(12)11(4-5-11)8-2-3-9-10(6-8)14-15-13-9/h2-3,6-7H,4-5,12H2,1H3,(H,13,14,15). The summed E-state index contributed by atoms with van der Waals surface area (Å²) < 4.78 is 0. The minimum Gasteiger partial charge on any atom is -0.327 e. The first-order valence-corrected chi connectivity index (χ1v) is 5.29. The molecule has 0 radical (unpaired) electrons. The Morgan fingerprint density at radius 3 is 2.73 bits per heavy atom. The summed E-state index contributed by atoms with van der Waals surface area (Å²) in [7, 11) is 0. The predicted octanol–water partition coefficient (Wildman–Crippen LogP) is 1.34. The number of H-pyrrole nitrogens is 1. The van der Waals surface area contributed by atoms with Crippen LogP contribution in [0.4, 0.5) is 0 Å². The minimum absolute atomic E-state index is 0.202. The lowest BCUT2D eigenvalue weighted by atomic mass is 9.89. The number of rotatable bonds is 2. The van der Waals surface area contributed by atoms with Crippen LogP contribution >= 0.6 is 0 Å². The molecule has 0 bridgehead atoms. The number of nitrogens with zero attached hydrogens (tertiary/aromatic N) is 2. The van der Waals surface area contributed by atoms with Crippen molar-refractivity contribution in [3.05, 3.63) is 23.8 Å². The van der Waals surface area contributed by atoms with Crippen molar-refractivity contribution in [2.24, 2.45) is 5.73 Å². The zero-order chi connectivity index (χ0) is 10.5. The highest BCUT2D eigenvalue weighted by Crippen LogP contribution is 2.50. The van der Waals surface area contributed by atoms with Crippen molar-refractivity contribution < 1.29 is 0 Å². The van der Waals surface area contributed by atoms with Crippen LogP contribution < -0.4 is 5.73 Å². The minimum atomic E-state index is 0.202. The molecule has 1 unspecified atom stereocenters. The van der Waals surface area contributed by atoms with Crippen LogP contribution in [0.3, 0.4) is 0 Å². The molecule has 78 valence electrons. The van der Waals surface area contributed by atoms with E-state index in [0.29, 0.717) is 0 Å². The van der Waals surface area contributed by atoms with Gasteiger partial charge in [0, 0.05) is 11.5 Å². The third kappa shape index (κ3) is 1.18. The van der Waals surface area contributed by atoms with Gasteiger partial charge in [-0.2, -0.15) is 15.4 Å². The summed E-state index contributed by atoms with van der Waals surface area (Å²) in [5.74, 6) is 0. The van der Waals surface area contributed by atoms with E-state index in [9.17, 15) is 0 Å². The van der Waals surface area contributed by atoms with Crippen molar-refractivity contribution in [1.29, 1.82) is 0 Å². The van der Waals surface area contributed by atoms with Gasteiger partial charge in [0.05, 0.1) is 0 Å². The molecule has 0 spiro atoms. The average molecular weight is 202 g/mol. The lowest BCUT2D eigenvalue weighted by Gasteiger charge is -2.19. The maximum absolute atomic E-state index is 6.04. The fourth-order valence-electron chi connectivity index (χ4n) is 2.29. The quantitative estimate of drug-likeness (QED) is 0.772. The maximum Gasteiger partial charge on any atom is 0.113 e. The Bertz CT molecular complexity index is 496. The lowest BCUT2D eigenvalue weighted by molar-refractivity contribution is 0.557. The molecular weight excluding hydrogens is 188 g/mol. The molecule has 3 N–H and O–H groups in total. The fraction of sp³-hybridized carbons (Fsp3) is 0.455. The van der Waals surface area contributed by atoms with Crippen molar-refractivity contribution in [3.8, 4) is 0 Å². The molecule has 1 saturated carbocycles. The van der Waals surface area contributed by atoms with Crippen LogP contribution in [0.25, 0.3) is 11.0 Å². The van der Waals surface area contributed by atoms with E-state index >= 15 is 0 Å². The summed E-state index contributed by atoms with van der Waals surface area (Å²) in [4.78, 5) is 0. The molecule has 0 saturated heterocycles. The predicted molar refractivity (Wildman–Crippen MR) is 58.5 cm³/mol. The summed E-state index contributed by atoms with van der Waals surface area (Å²) in [5, 5.41) is 10.8. The van der Waals surface area contributed by atoms with Crippen LogP contribution in [0, 0.1) is 0 Å². The topological polar surface area (TPSA) is 67.6 Å². The van der Waals surface area contributed by atoms with E-state index < -0.39 is 0 Å². The van der Waals surface area contributed by atoms with E-state index in [1.165, 1.54) is 18.4 Å². The van der Waals surface area contributed by atoms with E-state index in [1.807, 2.05) is 6.07 Å². The smallest absolute Gasteiger partial charge is 0.113 e. The Morgan fingerprint density at radius 2 is 2.07 bits per heavy atom. The van der Waals surface area contributed by atoms with Gasteiger partial charge < -0.3 is 5.73 Å². The average Bonchev–Trinajstić information content (AvgIpc) is 2.91. The Balaban J connectivity index is 2.11. The number of fused-ring (bicyclic) bond motifs is 1. The van der Waals surface area contributed by atoms with Crippen LogP contribution in [0.5, 0.6) is 0 Å². The van der Waals surface area contributed by atoms with Crippen LogP contribution in [0.2, 0.25) is 0 Å². The van der Waals surface area contributed by atoms with Gasteiger partial charge in [-0.05, 0) is 37.5 Å². The molecule has 2 aromatic rings. The number of hydrogen-bond donors (Lipinski definition) is 2. The fourth-order valence-corrected chi connectivity index (χ4v) is 2.29. The van der Waals surface area contributed by atoms with Gasteiger partial charge in [0.1, 0.15) is 11.0 Å². The van der Waals surface area contributed by atoms with E-state index in [-0.39, 0.29) is 11.5 Å². The second kappa shape index (κ2) is 2.79. The molecule has 4 heteroatoms. The van der Waals surface area contributed by atoms with Gasteiger partial charge in [0.25, 0.3) is 0 Å². The molecule has 1 aliphatic rings. The van der Waals surface area contributed by atoms with Crippen molar-refractivity contribution >= 4 is 11.0 Å². The summed E-state index contributed by atoms with van der Waals surface area (Å²) in [6, 6.07) is 6.45. The van der Waals surface area contributed by atoms with Crippen molar-refractivity contribution in [2.45, 2.75) is 31.2 Å². The zero-order valence-corrected chi connectivity index (χ0v) is 8.70. The lowest BCUT2D eigenvalue weighted by Crippen LogP contribution is -2.31. The largest absolute Gasteiger partial charge is 0.327 e. The summed E-state index contributed by atoms with van der Waals surface area (Å²) in [5.41, 5.74) is 9.39. The Labute approximate surface area is 87.9 Å². The van der Waals surface area contributed by atoms with E-state index in [1.54, 1.807) is 0 Å². The molecule has 1 aromatic heterocycles. The first-order chi connectivity index (χ1) is 7.22. The normalized spacial score (nSPS) is 20.4. The monoisotopic (exact) mass is 202 g/mol. The highest BCUT2D eigenvalue weighted by molar-refractivity contribution is 5.74. The number of aromatic nitrogens is 3. The Morgan fingerprint density at radius 1 is 1.33 bits per heavy atom. The second-order valence-corrected chi connectivity index (χ2v) is 4.47. The zero-order valence-electron chi connectivity index (χ0n) is 8.70. The molecule has 3 rings (SSSR count). The molecule has 4 nitrogen and oxygen atoms in total. The number of nitrogens with one attached hydrogen (secondary N) is 1. The van der Waals surface area contributed by atoms with Gasteiger partial charge in [-0.3, -0.25) is 0 Å². The highest BCUT2D eigenvalue weighted by atomic mass is 15.3. The molecular formula is C11H14N4. The molecule has 1 aromatic carbocycles. The van der Waals surface area contributed by atoms with E-state index in [0.717, 1.165) is 11.0 Å². The second-order valence-electron chi connectivity index (χ2n) is 4.47. The molecule has 1 atom stereocenters. The number of nitrogens with two attached hydrogens (primary N) is 1. The first-order valence-electron chi connectivity index (χ1n) is 5.29. The third-order valence-corrected chi connectivity index (χ3v) is 3.55. The molecule has 1 fully saturated rings. The van der Waals surface area contributed by atoms with E-state index in [4.69, 9.17) is 5.73 Å². The van der Waals surface area contributed by atoms with Gasteiger partial charge >= 0.3 is 0 Å². The molecule has 1 aliphatic carbocycles. The summed E-state index contributed by atoms with van der Waals surface area (Å²) in [6.45, 7) is 2.08. The van der Waals surface area contributed by atoms with Crippen molar-refractivity contribution in [3.63, 3.8) is 0 Å². The van der Waals surface area contributed by atoms with E-state index in [2.05, 4.69) is 34.5 Å². The van der Waals surface area contributed by atoms with Crippen LogP contribution in [-0.4, -0.2) is 21.5 Å². The van der Waals surface area contributed by atoms with Crippen LogP contribution in [0.15, 0.2) is 18.2 Å². The van der Waals surface area contributed by atoms with Crippen molar-refractivity contribution in [2.75, 3.05) is 0 Å². The molecule has 1 heterocycles. The molecule has 0 aliphatic heterocycles. The van der Waals surface area contributed by atoms with Crippen LogP contribution in [0.1, 0.15) is 25.3 Å². The molecule has 0 amide bonds. The number of benzene rings is 1. The van der Waals surface area contributed by atoms with Crippen LogP contribution in [-0.2, 0) is 5.41 Å². The van der Waals surface area contributed by atoms with Gasteiger partial charge in [0.15, 0.2) is 0 Å². The molecule has 15 heavy (non-hydrogen) atoms. The number of hydrogen-bond acceptors (Lipinski definition) is 3. The van der Waals surface area contributed by atoms with Crippen molar-refractivity contribution in [1.82, 2.24) is 15.4 Å². The maximum atomic E-state index is 6.04. The number of aromatic amines is 1. The Hall–Kier alpha value is -1.42. The van der Waals surface area contributed by atoms with Gasteiger partial charge in [-0.15, -0.1) is 0 Å². The highest BCUT2D eigenvalue weighted by Gasteiger charge is 2.47. The van der Waals surface area contributed by atoms with Gasteiger partial charge in [-0.1, -0.05) is 6.07 Å². The summed E-state index contributed by atoms with van der Waals surface area (Å²) in [6.07, 6.45) is 2.38.